The third-order valence-electron chi connectivity index (χ3n) is 14.7. The molecule has 13 rings (SSSR count). The Morgan fingerprint density at radius 1 is 0.266 bits per heavy atom. The van der Waals surface area contributed by atoms with Crippen LogP contribution in [-0.2, 0) is 10.8 Å². The van der Waals surface area contributed by atoms with Gasteiger partial charge in [0.15, 0.2) is 0 Å². The van der Waals surface area contributed by atoms with Gasteiger partial charge in [0.1, 0.15) is 0 Å². The van der Waals surface area contributed by atoms with Gasteiger partial charge < -0.3 is 0 Å². The lowest BCUT2D eigenvalue weighted by atomic mass is 9.67. The van der Waals surface area contributed by atoms with Gasteiger partial charge in [-0.3, -0.25) is 0 Å². The first-order chi connectivity index (χ1) is 31.5. The Morgan fingerprint density at radius 3 is 1.56 bits per heavy atom. The SMILES string of the molecule is CC1(C)c2ccccc2-c2c(-c3c4ccccc4c(-c4ccc5c(c4)C(c4ccccc4)(c4ccccc4)c4ccccc4-5)c4ccc(-c5ccc6ccccc6c5)cc34)cccc21. The van der Waals surface area contributed by atoms with Gasteiger partial charge in [-0.1, -0.05) is 226 Å². The van der Waals surface area contributed by atoms with E-state index in [0.29, 0.717) is 0 Å². The van der Waals surface area contributed by atoms with Gasteiger partial charge in [0, 0.05) is 5.41 Å². The molecule has 2 aliphatic carbocycles. The molecule has 0 heteroatoms. The minimum Gasteiger partial charge on any atom is -0.0622 e. The smallest absolute Gasteiger partial charge is 0.0622 e. The highest BCUT2D eigenvalue weighted by atomic mass is 14.5. The van der Waals surface area contributed by atoms with E-state index in [1.807, 2.05) is 0 Å². The van der Waals surface area contributed by atoms with E-state index in [4.69, 9.17) is 0 Å². The third-order valence-corrected chi connectivity index (χ3v) is 14.7. The molecule has 0 atom stereocenters. The lowest BCUT2D eigenvalue weighted by Crippen LogP contribution is -2.28. The number of hydrogen-bond acceptors (Lipinski definition) is 0. The largest absolute Gasteiger partial charge is 0.0713 e. The molecule has 0 aromatic heterocycles. The van der Waals surface area contributed by atoms with Crippen LogP contribution in [0.4, 0.5) is 0 Å². The van der Waals surface area contributed by atoms with E-state index in [0.717, 1.165) is 0 Å². The fraction of sp³-hybridized carbons (Fsp3) is 0.0625. The first-order valence-corrected chi connectivity index (χ1v) is 22.6. The summed E-state index contributed by atoms with van der Waals surface area (Å²) in [6.07, 6.45) is 0. The molecule has 0 fully saturated rings. The van der Waals surface area contributed by atoms with E-state index in [-0.39, 0.29) is 5.41 Å². The third kappa shape index (κ3) is 5.11. The molecule has 0 amide bonds. The minimum absolute atomic E-state index is 0.115. The van der Waals surface area contributed by atoms with E-state index < -0.39 is 5.41 Å². The molecule has 0 nitrogen and oxygen atoms in total. The molecule has 64 heavy (non-hydrogen) atoms. The average molecular weight is 813 g/mol. The van der Waals surface area contributed by atoms with Crippen molar-refractivity contribution in [3.63, 3.8) is 0 Å². The predicted octanol–water partition coefficient (Wildman–Crippen LogP) is 16.8. The first kappa shape index (κ1) is 36.8. The summed E-state index contributed by atoms with van der Waals surface area (Å²) in [5, 5.41) is 7.53. The van der Waals surface area contributed by atoms with Gasteiger partial charge in [0.25, 0.3) is 0 Å². The monoisotopic (exact) mass is 812 g/mol. The number of hydrogen-bond donors (Lipinski definition) is 0. The normalized spacial score (nSPS) is 14.0. The molecule has 0 spiro atoms. The molecule has 0 unspecified atom stereocenters. The molecule has 0 saturated carbocycles. The summed E-state index contributed by atoms with van der Waals surface area (Å²) in [6, 6.07) is 86.8. The maximum Gasteiger partial charge on any atom is 0.0713 e. The molecule has 0 saturated heterocycles. The molecule has 0 aliphatic heterocycles. The zero-order chi connectivity index (χ0) is 42.6. The van der Waals surface area contributed by atoms with Crippen LogP contribution in [0, 0.1) is 0 Å². The highest BCUT2D eigenvalue weighted by Gasteiger charge is 2.46. The summed E-state index contributed by atoms with van der Waals surface area (Å²) in [4.78, 5) is 0. The van der Waals surface area contributed by atoms with Crippen LogP contribution in [0.25, 0.3) is 88.0 Å². The molecule has 11 aromatic carbocycles. The van der Waals surface area contributed by atoms with Gasteiger partial charge in [-0.25, -0.2) is 0 Å². The van der Waals surface area contributed by atoms with Crippen LogP contribution < -0.4 is 0 Å². The quantitative estimate of drug-likeness (QED) is 0.152. The highest BCUT2D eigenvalue weighted by molar-refractivity contribution is 6.23. The van der Waals surface area contributed by atoms with Crippen LogP contribution in [0.5, 0.6) is 0 Å². The number of rotatable bonds is 5. The van der Waals surface area contributed by atoms with Crippen LogP contribution in [-0.4, -0.2) is 0 Å². The molecule has 11 aromatic rings. The van der Waals surface area contributed by atoms with Crippen LogP contribution in [0.1, 0.15) is 47.2 Å². The maximum absolute atomic E-state index is 2.53. The van der Waals surface area contributed by atoms with E-state index in [1.54, 1.807) is 0 Å². The van der Waals surface area contributed by atoms with Crippen LogP contribution >= 0.6 is 0 Å². The van der Waals surface area contributed by atoms with Crippen molar-refractivity contribution in [3.05, 3.63) is 264 Å². The molecule has 0 heterocycles. The van der Waals surface area contributed by atoms with Crippen molar-refractivity contribution in [3.8, 4) is 55.6 Å². The maximum atomic E-state index is 2.53. The van der Waals surface area contributed by atoms with Crippen molar-refractivity contribution in [1.82, 2.24) is 0 Å². The molecule has 300 valence electrons. The van der Waals surface area contributed by atoms with Gasteiger partial charge in [-0.05, 0) is 140 Å². The molecule has 2 aliphatic rings. The Hall–Kier alpha value is -7.80. The standard InChI is InChI=1S/C64H44/c1-63(2)56-29-15-14-27-53(56)62-54(28-17-31-58(62)63)61-51-26-12-11-25-50(51)60(52-37-34-44(39-55(52)61)43-33-32-41-18-9-10-19-42(41)38-43)45-35-36-49-48-24-13-16-30-57(48)64(59(49)40-45,46-20-5-3-6-21-46)47-22-7-4-8-23-47/h3-40H,1-2H3. The summed E-state index contributed by atoms with van der Waals surface area (Å²) >= 11 is 0. The van der Waals surface area contributed by atoms with Gasteiger partial charge in [-0.2, -0.15) is 0 Å². The Labute approximate surface area is 374 Å². The molecule has 0 N–H and O–H groups in total. The minimum atomic E-state index is -0.496. The predicted molar refractivity (Wildman–Crippen MR) is 270 cm³/mol. The van der Waals surface area contributed by atoms with E-state index in [1.165, 1.54) is 121 Å². The average Bonchev–Trinajstić information content (AvgIpc) is 3.78. The second-order valence-electron chi connectivity index (χ2n) is 18.3. The summed E-state index contributed by atoms with van der Waals surface area (Å²) < 4.78 is 0. The fourth-order valence-electron chi connectivity index (χ4n) is 11.9. The Balaban J connectivity index is 1.14. The second-order valence-corrected chi connectivity index (χ2v) is 18.3. The number of fused-ring (bicyclic) bond motifs is 9. The Kier molecular flexibility index (Phi) is 7.97. The molecular formula is C64H44. The second kappa shape index (κ2) is 13.9. The Bertz CT molecular complexity index is 3640. The van der Waals surface area contributed by atoms with E-state index in [9.17, 15) is 0 Å². The van der Waals surface area contributed by atoms with Gasteiger partial charge in [-0.15, -0.1) is 0 Å². The lowest BCUT2D eigenvalue weighted by Gasteiger charge is -2.34. The molecule has 0 bridgehead atoms. The van der Waals surface area contributed by atoms with Crippen molar-refractivity contribution in [2.45, 2.75) is 24.7 Å². The summed E-state index contributed by atoms with van der Waals surface area (Å²) in [5.74, 6) is 0. The van der Waals surface area contributed by atoms with Gasteiger partial charge in [0.05, 0.1) is 5.41 Å². The van der Waals surface area contributed by atoms with Crippen LogP contribution in [0.2, 0.25) is 0 Å². The number of benzene rings is 11. The Morgan fingerprint density at radius 2 is 0.797 bits per heavy atom. The van der Waals surface area contributed by atoms with Gasteiger partial charge >= 0.3 is 0 Å². The topological polar surface area (TPSA) is 0 Å². The fourth-order valence-corrected chi connectivity index (χ4v) is 11.9. The van der Waals surface area contributed by atoms with Gasteiger partial charge in [0.2, 0.25) is 0 Å². The molecule has 0 radical (unpaired) electrons. The summed E-state index contributed by atoms with van der Waals surface area (Å²) in [6.45, 7) is 4.77. The highest BCUT2D eigenvalue weighted by Crippen LogP contribution is 2.58. The van der Waals surface area contributed by atoms with E-state index >= 15 is 0 Å². The molecular weight excluding hydrogens is 769 g/mol. The van der Waals surface area contributed by atoms with Crippen molar-refractivity contribution < 1.29 is 0 Å². The van der Waals surface area contributed by atoms with Crippen LogP contribution in [0.3, 0.4) is 0 Å². The van der Waals surface area contributed by atoms with Crippen molar-refractivity contribution in [1.29, 1.82) is 0 Å². The zero-order valence-electron chi connectivity index (χ0n) is 35.9. The summed E-state index contributed by atoms with van der Waals surface area (Å²) in [5.41, 5.74) is 20.1. The van der Waals surface area contributed by atoms with Crippen molar-refractivity contribution >= 4 is 32.3 Å². The lowest BCUT2D eigenvalue weighted by molar-refractivity contribution is 0.660. The van der Waals surface area contributed by atoms with E-state index in [2.05, 4.69) is 244 Å². The first-order valence-electron chi connectivity index (χ1n) is 22.6. The van der Waals surface area contributed by atoms with Crippen molar-refractivity contribution in [2.24, 2.45) is 0 Å². The summed E-state index contributed by atoms with van der Waals surface area (Å²) in [7, 11) is 0. The van der Waals surface area contributed by atoms with Crippen molar-refractivity contribution in [2.75, 3.05) is 0 Å². The van der Waals surface area contributed by atoms with Crippen LogP contribution in [0.15, 0.2) is 231 Å². The zero-order valence-corrected chi connectivity index (χ0v) is 35.9.